The smallest absolute Gasteiger partial charge is 0.272 e. The summed E-state index contributed by atoms with van der Waals surface area (Å²) in [5, 5.41) is 3.16. The summed E-state index contributed by atoms with van der Waals surface area (Å²) in [6, 6.07) is 5.62. The van der Waals surface area contributed by atoms with Crippen LogP contribution in [-0.2, 0) is 0 Å². The predicted molar refractivity (Wildman–Crippen MR) is 86.6 cm³/mol. The van der Waals surface area contributed by atoms with Crippen LogP contribution in [0.4, 0.5) is 5.82 Å². The van der Waals surface area contributed by atoms with Gasteiger partial charge in [-0.2, -0.15) is 0 Å². The number of nitrogens with one attached hydrogen (secondary N) is 1. The number of rotatable bonds is 5. The molecule has 1 aliphatic heterocycles. The molecule has 1 N–H and O–H groups in total. The Kier molecular flexibility index (Phi) is 6.03. The molecule has 21 heavy (non-hydrogen) atoms. The fourth-order valence-corrected chi connectivity index (χ4v) is 3.06. The molecule has 1 aliphatic rings. The number of hydrogen-bond donors (Lipinski definition) is 1. The third-order valence-corrected chi connectivity index (χ3v) is 4.16. The van der Waals surface area contributed by atoms with Gasteiger partial charge in [0.1, 0.15) is 11.5 Å². The zero-order valence-corrected chi connectivity index (χ0v) is 13.3. The molecular formula is C17H27N3O. The summed E-state index contributed by atoms with van der Waals surface area (Å²) in [6.45, 7) is 6.82. The van der Waals surface area contributed by atoms with Gasteiger partial charge in [0.25, 0.3) is 5.91 Å². The number of carbonyl (C=O) groups excluding carboxylic acids is 1. The van der Waals surface area contributed by atoms with E-state index < -0.39 is 0 Å². The summed E-state index contributed by atoms with van der Waals surface area (Å²) in [4.78, 5) is 19.0. The lowest BCUT2D eigenvalue weighted by molar-refractivity contribution is 0.0754. The molecule has 1 aromatic rings. The maximum absolute atomic E-state index is 12.6. The second-order valence-electron chi connectivity index (χ2n) is 5.82. The molecule has 1 aromatic heterocycles. The number of nitrogens with zero attached hydrogens (tertiary/aromatic N) is 2. The van der Waals surface area contributed by atoms with Crippen LogP contribution in [0.1, 0.15) is 56.4 Å². The molecular weight excluding hydrogens is 262 g/mol. The van der Waals surface area contributed by atoms with Gasteiger partial charge in [-0.1, -0.05) is 25.8 Å². The van der Waals surface area contributed by atoms with Crippen LogP contribution in [0.3, 0.4) is 0 Å². The fourth-order valence-electron chi connectivity index (χ4n) is 3.06. The molecule has 1 saturated heterocycles. The Labute approximate surface area is 127 Å². The van der Waals surface area contributed by atoms with Crippen molar-refractivity contribution in [2.45, 2.75) is 46.0 Å². The van der Waals surface area contributed by atoms with Crippen molar-refractivity contribution in [3.05, 3.63) is 23.9 Å². The first-order valence-corrected chi connectivity index (χ1v) is 8.24. The van der Waals surface area contributed by atoms with Crippen LogP contribution in [0, 0.1) is 5.92 Å². The van der Waals surface area contributed by atoms with Crippen molar-refractivity contribution in [2.24, 2.45) is 5.92 Å². The fraction of sp³-hybridized carbons (Fsp3) is 0.647. The molecule has 0 radical (unpaired) electrons. The second-order valence-corrected chi connectivity index (χ2v) is 5.82. The molecule has 1 amide bonds. The van der Waals surface area contributed by atoms with Crippen molar-refractivity contribution in [1.29, 1.82) is 0 Å². The number of likely N-dealkylation sites (tertiary alicyclic amines) is 1. The number of aromatic nitrogens is 1. The third kappa shape index (κ3) is 4.45. The second kappa shape index (κ2) is 8.01. The van der Waals surface area contributed by atoms with Gasteiger partial charge in [-0.3, -0.25) is 4.79 Å². The molecule has 0 aliphatic carbocycles. The molecule has 0 saturated carbocycles. The summed E-state index contributed by atoms with van der Waals surface area (Å²) in [6.07, 6.45) is 6.03. The van der Waals surface area contributed by atoms with Crippen molar-refractivity contribution in [2.75, 3.05) is 25.0 Å². The Morgan fingerprint density at radius 2 is 2.19 bits per heavy atom. The molecule has 1 atom stereocenters. The molecule has 1 unspecified atom stereocenters. The Morgan fingerprint density at radius 3 is 2.95 bits per heavy atom. The van der Waals surface area contributed by atoms with E-state index in [0.717, 1.165) is 44.2 Å². The van der Waals surface area contributed by atoms with Gasteiger partial charge in [0.15, 0.2) is 0 Å². The summed E-state index contributed by atoms with van der Waals surface area (Å²) >= 11 is 0. The van der Waals surface area contributed by atoms with Gasteiger partial charge in [0.05, 0.1) is 0 Å². The van der Waals surface area contributed by atoms with Crippen LogP contribution in [0.2, 0.25) is 0 Å². The van der Waals surface area contributed by atoms with Crippen molar-refractivity contribution in [3.63, 3.8) is 0 Å². The highest BCUT2D eigenvalue weighted by Crippen LogP contribution is 2.22. The average molecular weight is 289 g/mol. The SMILES string of the molecule is CCCC1CCCN(C(=O)c2cccc(NCC)n2)CC1. The molecule has 2 heterocycles. The van der Waals surface area contributed by atoms with Gasteiger partial charge < -0.3 is 10.2 Å². The van der Waals surface area contributed by atoms with Gasteiger partial charge in [-0.05, 0) is 44.2 Å². The van der Waals surface area contributed by atoms with Crippen LogP contribution in [0.15, 0.2) is 18.2 Å². The zero-order chi connectivity index (χ0) is 15.1. The van der Waals surface area contributed by atoms with Crippen LogP contribution >= 0.6 is 0 Å². The van der Waals surface area contributed by atoms with Gasteiger partial charge in [0.2, 0.25) is 0 Å². The summed E-state index contributed by atoms with van der Waals surface area (Å²) in [5.74, 6) is 1.64. The molecule has 4 heteroatoms. The molecule has 4 nitrogen and oxygen atoms in total. The van der Waals surface area contributed by atoms with Gasteiger partial charge in [-0.15, -0.1) is 0 Å². The van der Waals surface area contributed by atoms with Crippen molar-refractivity contribution in [3.8, 4) is 0 Å². The minimum atomic E-state index is 0.0758. The predicted octanol–water partition coefficient (Wildman–Crippen LogP) is 3.56. The monoisotopic (exact) mass is 289 g/mol. The van der Waals surface area contributed by atoms with Gasteiger partial charge >= 0.3 is 0 Å². The lowest BCUT2D eigenvalue weighted by atomic mass is 9.96. The van der Waals surface area contributed by atoms with E-state index in [1.54, 1.807) is 0 Å². The van der Waals surface area contributed by atoms with E-state index in [0.29, 0.717) is 5.69 Å². The van der Waals surface area contributed by atoms with Crippen LogP contribution in [0.25, 0.3) is 0 Å². The van der Waals surface area contributed by atoms with Gasteiger partial charge in [-0.25, -0.2) is 4.98 Å². The van der Waals surface area contributed by atoms with Crippen molar-refractivity contribution in [1.82, 2.24) is 9.88 Å². The first-order valence-electron chi connectivity index (χ1n) is 8.24. The summed E-state index contributed by atoms with van der Waals surface area (Å²) in [7, 11) is 0. The highest BCUT2D eigenvalue weighted by Gasteiger charge is 2.22. The maximum Gasteiger partial charge on any atom is 0.272 e. The first-order chi connectivity index (χ1) is 10.2. The Hall–Kier alpha value is -1.58. The van der Waals surface area contributed by atoms with E-state index in [1.807, 2.05) is 30.0 Å². The minimum Gasteiger partial charge on any atom is -0.370 e. The van der Waals surface area contributed by atoms with Crippen molar-refractivity contribution >= 4 is 11.7 Å². The minimum absolute atomic E-state index is 0.0758. The Bertz CT molecular complexity index is 461. The van der Waals surface area contributed by atoms with Crippen LogP contribution in [0.5, 0.6) is 0 Å². The molecule has 1 fully saturated rings. The quantitative estimate of drug-likeness (QED) is 0.901. The highest BCUT2D eigenvalue weighted by molar-refractivity contribution is 5.92. The lowest BCUT2D eigenvalue weighted by Gasteiger charge is -2.20. The maximum atomic E-state index is 12.6. The summed E-state index contributed by atoms with van der Waals surface area (Å²) in [5.41, 5.74) is 0.558. The van der Waals surface area contributed by atoms with E-state index in [2.05, 4.69) is 17.2 Å². The van der Waals surface area contributed by atoms with Gasteiger partial charge in [0, 0.05) is 19.6 Å². The zero-order valence-electron chi connectivity index (χ0n) is 13.3. The molecule has 116 valence electrons. The Balaban J connectivity index is 2.00. The standard InChI is InChI=1S/C17H27N3O/c1-3-7-14-8-6-12-20(13-11-14)17(21)15-9-5-10-16(19-15)18-4-2/h5,9-10,14H,3-4,6-8,11-13H2,1-2H3,(H,18,19). The number of anilines is 1. The largest absolute Gasteiger partial charge is 0.370 e. The van der Waals surface area contributed by atoms with E-state index >= 15 is 0 Å². The van der Waals surface area contributed by atoms with Crippen molar-refractivity contribution < 1.29 is 4.79 Å². The molecule has 0 aromatic carbocycles. The molecule has 0 spiro atoms. The summed E-state index contributed by atoms with van der Waals surface area (Å²) < 4.78 is 0. The normalized spacial score (nSPS) is 19.1. The number of pyridine rings is 1. The molecule has 2 rings (SSSR count). The number of hydrogen-bond acceptors (Lipinski definition) is 3. The number of amides is 1. The van der Waals surface area contributed by atoms with E-state index in [-0.39, 0.29) is 5.91 Å². The number of carbonyl (C=O) groups is 1. The third-order valence-electron chi connectivity index (χ3n) is 4.16. The van der Waals surface area contributed by atoms with E-state index in [1.165, 1.54) is 19.3 Å². The van der Waals surface area contributed by atoms with E-state index in [9.17, 15) is 4.79 Å². The highest BCUT2D eigenvalue weighted by atomic mass is 16.2. The molecule has 0 bridgehead atoms. The van der Waals surface area contributed by atoms with E-state index in [4.69, 9.17) is 0 Å². The first kappa shape index (κ1) is 15.8. The average Bonchev–Trinajstić information content (AvgIpc) is 2.73. The lowest BCUT2D eigenvalue weighted by Crippen LogP contribution is -2.32. The van der Waals surface area contributed by atoms with Crippen LogP contribution < -0.4 is 5.32 Å². The van der Waals surface area contributed by atoms with Crippen LogP contribution in [-0.4, -0.2) is 35.4 Å². The Morgan fingerprint density at radius 1 is 1.33 bits per heavy atom. The topological polar surface area (TPSA) is 45.2 Å².